The maximum Gasteiger partial charge on any atom is 0.134 e. The maximum atomic E-state index is 6.14. The van der Waals surface area contributed by atoms with Crippen molar-refractivity contribution in [1.82, 2.24) is 4.98 Å². The smallest absolute Gasteiger partial charge is 0.134 e. The molecule has 0 saturated carbocycles. The molecule has 1 saturated heterocycles. The van der Waals surface area contributed by atoms with Crippen molar-refractivity contribution in [2.24, 2.45) is 5.73 Å². The fraction of sp³-hybridized carbons (Fsp3) is 0.400. The second kappa shape index (κ2) is 5.42. The van der Waals surface area contributed by atoms with E-state index >= 15 is 0 Å². The Bertz CT molecular complexity index is 608. The quantitative estimate of drug-likeness (QED) is 0.891. The SMILES string of the molecule is Cc1ccc(-c2c(N3CCC[C@@H](N)C3)ccnc2N)s1. The number of thiophene rings is 1. The van der Waals surface area contributed by atoms with Crippen LogP contribution in [0.5, 0.6) is 0 Å². The third-order valence-electron chi connectivity index (χ3n) is 3.74. The minimum absolute atomic E-state index is 0.246. The molecule has 106 valence electrons. The van der Waals surface area contributed by atoms with E-state index in [0.29, 0.717) is 5.82 Å². The largest absolute Gasteiger partial charge is 0.383 e. The number of aryl methyl sites for hydroxylation is 1. The van der Waals surface area contributed by atoms with E-state index in [1.807, 2.05) is 0 Å². The molecule has 1 fully saturated rings. The van der Waals surface area contributed by atoms with Crippen LogP contribution in [-0.2, 0) is 0 Å². The van der Waals surface area contributed by atoms with Gasteiger partial charge in [-0.15, -0.1) is 11.3 Å². The number of anilines is 2. The molecule has 0 bridgehead atoms. The molecule has 3 heterocycles. The molecule has 5 heteroatoms. The number of piperidine rings is 1. The fourth-order valence-corrected chi connectivity index (χ4v) is 3.71. The van der Waals surface area contributed by atoms with E-state index in [0.717, 1.165) is 37.2 Å². The van der Waals surface area contributed by atoms with Crippen LogP contribution >= 0.6 is 11.3 Å². The van der Waals surface area contributed by atoms with Crippen molar-refractivity contribution in [2.45, 2.75) is 25.8 Å². The molecule has 1 atom stereocenters. The van der Waals surface area contributed by atoms with Crippen LogP contribution in [0.1, 0.15) is 17.7 Å². The standard InChI is InChI=1S/C15H20N4S/c1-10-4-5-13(20-10)14-12(6-7-18-15(14)17)19-8-2-3-11(16)9-19/h4-7,11H,2-3,8-9,16H2,1H3,(H2,17,18)/t11-/m1/s1. The number of rotatable bonds is 2. The van der Waals surface area contributed by atoms with Crippen molar-refractivity contribution in [3.8, 4) is 10.4 Å². The van der Waals surface area contributed by atoms with Crippen LogP contribution in [0.15, 0.2) is 24.4 Å². The van der Waals surface area contributed by atoms with Crippen LogP contribution in [0.3, 0.4) is 0 Å². The van der Waals surface area contributed by atoms with Crippen LogP contribution in [-0.4, -0.2) is 24.1 Å². The molecular formula is C15H20N4S. The lowest BCUT2D eigenvalue weighted by Gasteiger charge is -2.34. The predicted octanol–water partition coefficient (Wildman–Crippen LogP) is 2.63. The highest BCUT2D eigenvalue weighted by Crippen LogP contribution is 2.39. The molecule has 0 aliphatic carbocycles. The molecule has 0 aromatic carbocycles. The predicted molar refractivity (Wildman–Crippen MR) is 86.1 cm³/mol. The molecule has 4 nitrogen and oxygen atoms in total. The zero-order chi connectivity index (χ0) is 14.1. The van der Waals surface area contributed by atoms with Crippen LogP contribution in [0.4, 0.5) is 11.5 Å². The summed E-state index contributed by atoms with van der Waals surface area (Å²) in [6, 6.07) is 6.55. The van der Waals surface area contributed by atoms with Crippen LogP contribution < -0.4 is 16.4 Å². The summed E-state index contributed by atoms with van der Waals surface area (Å²) >= 11 is 1.76. The van der Waals surface area contributed by atoms with Crippen LogP contribution in [0.2, 0.25) is 0 Å². The third-order valence-corrected chi connectivity index (χ3v) is 4.76. The Kier molecular flexibility index (Phi) is 3.63. The highest BCUT2D eigenvalue weighted by atomic mass is 32.1. The van der Waals surface area contributed by atoms with Gasteiger partial charge in [-0.1, -0.05) is 0 Å². The monoisotopic (exact) mass is 288 g/mol. The summed E-state index contributed by atoms with van der Waals surface area (Å²) in [4.78, 5) is 9.07. The van der Waals surface area contributed by atoms with Crippen molar-refractivity contribution >= 4 is 22.8 Å². The molecule has 2 aromatic heterocycles. The van der Waals surface area contributed by atoms with Gasteiger partial charge in [0, 0.05) is 35.1 Å². The topological polar surface area (TPSA) is 68.2 Å². The maximum absolute atomic E-state index is 6.14. The number of pyridine rings is 1. The normalized spacial score (nSPS) is 19.3. The molecule has 1 aliphatic rings. The molecule has 2 aromatic rings. The van der Waals surface area contributed by atoms with E-state index in [1.165, 1.54) is 9.75 Å². The number of nitrogens with zero attached hydrogens (tertiary/aromatic N) is 2. The Hall–Kier alpha value is -1.59. The number of hydrogen-bond donors (Lipinski definition) is 2. The summed E-state index contributed by atoms with van der Waals surface area (Å²) in [5, 5.41) is 0. The third kappa shape index (κ3) is 2.51. The lowest BCUT2D eigenvalue weighted by Crippen LogP contribution is -2.43. The van der Waals surface area contributed by atoms with Gasteiger partial charge in [0.15, 0.2) is 0 Å². The molecule has 3 rings (SSSR count). The number of hydrogen-bond acceptors (Lipinski definition) is 5. The van der Waals surface area contributed by atoms with Gasteiger partial charge in [0.25, 0.3) is 0 Å². The number of aromatic nitrogens is 1. The Morgan fingerprint density at radius 2 is 2.20 bits per heavy atom. The Labute approximate surface area is 123 Å². The van der Waals surface area contributed by atoms with Gasteiger partial charge in [0.2, 0.25) is 0 Å². The van der Waals surface area contributed by atoms with Gasteiger partial charge in [-0.05, 0) is 38.0 Å². The average molecular weight is 288 g/mol. The molecule has 1 aliphatic heterocycles. The van der Waals surface area contributed by atoms with E-state index in [-0.39, 0.29) is 6.04 Å². The van der Waals surface area contributed by atoms with E-state index < -0.39 is 0 Å². The first kappa shape index (κ1) is 13.4. The first-order valence-corrected chi connectivity index (χ1v) is 7.78. The summed E-state index contributed by atoms with van der Waals surface area (Å²) in [7, 11) is 0. The highest BCUT2D eigenvalue weighted by Gasteiger charge is 2.21. The molecule has 0 amide bonds. The van der Waals surface area contributed by atoms with Crippen molar-refractivity contribution in [3.05, 3.63) is 29.3 Å². The average Bonchev–Trinajstić information content (AvgIpc) is 2.85. The summed E-state index contributed by atoms with van der Waals surface area (Å²) in [5.74, 6) is 0.600. The number of nitrogens with two attached hydrogens (primary N) is 2. The highest BCUT2D eigenvalue weighted by molar-refractivity contribution is 7.15. The van der Waals surface area contributed by atoms with E-state index in [1.54, 1.807) is 17.5 Å². The van der Waals surface area contributed by atoms with E-state index in [2.05, 4.69) is 35.0 Å². The van der Waals surface area contributed by atoms with Crippen molar-refractivity contribution in [1.29, 1.82) is 0 Å². The van der Waals surface area contributed by atoms with Gasteiger partial charge in [0.05, 0.1) is 11.3 Å². The Morgan fingerprint density at radius 1 is 1.35 bits per heavy atom. The molecular weight excluding hydrogens is 268 g/mol. The Morgan fingerprint density at radius 3 is 2.90 bits per heavy atom. The van der Waals surface area contributed by atoms with Gasteiger partial charge >= 0.3 is 0 Å². The van der Waals surface area contributed by atoms with Gasteiger partial charge in [0.1, 0.15) is 5.82 Å². The second-order valence-electron chi connectivity index (χ2n) is 5.35. The molecule has 0 spiro atoms. The zero-order valence-corrected chi connectivity index (χ0v) is 12.5. The molecule has 0 unspecified atom stereocenters. The van der Waals surface area contributed by atoms with Crippen LogP contribution in [0.25, 0.3) is 10.4 Å². The van der Waals surface area contributed by atoms with Gasteiger partial charge in [-0.3, -0.25) is 0 Å². The first-order valence-electron chi connectivity index (χ1n) is 6.97. The minimum atomic E-state index is 0.246. The van der Waals surface area contributed by atoms with Gasteiger partial charge in [-0.2, -0.15) is 0 Å². The lowest BCUT2D eigenvalue weighted by atomic mass is 10.0. The van der Waals surface area contributed by atoms with Crippen molar-refractivity contribution in [2.75, 3.05) is 23.7 Å². The molecule has 20 heavy (non-hydrogen) atoms. The van der Waals surface area contributed by atoms with E-state index in [4.69, 9.17) is 11.5 Å². The second-order valence-corrected chi connectivity index (χ2v) is 6.64. The Balaban J connectivity index is 2.04. The van der Waals surface area contributed by atoms with Gasteiger partial charge in [-0.25, -0.2) is 4.98 Å². The van der Waals surface area contributed by atoms with E-state index in [9.17, 15) is 0 Å². The fourth-order valence-electron chi connectivity index (χ4n) is 2.78. The molecule has 0 radical (unpaired) electrons. The van der Waals surface area contributed by atoms with Crippen LogP contribution in [0, 0.1) is 6.92 Å². The van der Waals surface area contributed by atoms with Crippen molar-refractivity contribution in [3.63, 3.8) is 0 Å². The van der Waals surface area contributed by atoms with Gasteiger partial charge < -0.3 is 16.4 Å². The number of nitrogen functional groups attached to an aromatic ring is 1. The summed E-state index contributed by atoms with van der Waals surface area (Å²) in [6.07, 6.45) is 4.02. The molecule has 4 N–H and O–H groups in total. The zero-order valence-electron chi connectivity index (χ0n) is 11.7. The summed E-state index contributed by atoms with van der Waals surface area (Å²) in [5.41, 5.74) is 14.5. The minimum Gasteiger partial charge on any atom is -0.383 e. The first-order chi connectivity index (χ1) is 9.65. The summed E-state index contributed by atoms with van der Waals surface area (Å²) in [6.45, 7) is 4.03. The lowest BCUT2D eigenvalue weighted by molar-refractivity contribution is 0.506. The van der Waals surface area contributed by atoms with Crippen molar-refractivity contribution < 1.29 is 0 Å². The summed E-state index contributed by atoms with van der Waals surface area (Å²) < 4.78 is 0.